The topological polar surface area (TPSA) is 69.9 Å². The number of aromatic nitrogens is 1. The van der Waals surface area contributed by atoms with Crippen molar-refractivity contribution < 1.29 is 14.3 Å². The molecular formula is C27H24BrIN2O4S. The summed E-state index contributed by atoms with van der Waals surface area (Å²) in [5, 5.41) is 0. The third-order valence-corrected chi connectivity index (χ3v) is 7.95. The lowest BCUT2D eigenvalue weighted by Crippen LogP contribution is -2.39. The molecule has 6 nitrogen and oxygen atoms in total. The predicted octanol–water partition coefficient (Wildman–Crippen LogP) is 5.04. The number of hydrogen-bond acceptors (Lipinski definition) is 6. The second-order valence-electron chi connectivity index (χ2n) is 8.13. The van der Waals surface area contributed by atoms with Crippen molar-refractivity contribution in [3.05, 3.63) is 105 Å². The van der Waals surface area contributed by atoms with Crippen LogP contribution in [0.2, 0.25) is 0 Å². The van der Waals surface area contributed by atoms with E-state index in [1.165, 1.54) is 11.3 Å². The van der Waals surface area contributed by atoms with Crippen LogP contribution in [0.15, 0.2) is 74.6 Å². The average Bonchev–Trinajstić information content (AvgIpc) is 3.12. The van der Waals surface area contributed by atoms with Gasteiger partial charge in [-0.2, -0.15) is 0 Å². The van der Waals surface area contributed by atoms with Crippen LogP contribution in [0.25, 0.3) is 6.08 Å². The number of rotatable bonds is 7. The van der Waals surface area contributed by atoms with Crippen LogP contribution in [-0.4, -0.2) is 23.8 Å². The molecular weight excluding hydrogens is 655 g/mol. The molecule has 0 N–H and O–H groups in total. The van der Waals surface area contributed by atoms with Gasteiger partial charge in [0.2, 0.25) is 0 Å². The monoisotopic (exact) mass is 678 g/mol. The summed E-state index contributed by atoms with van der Waals surface area (Å²) in [6.45, 7) is 9.86. The Labute approximate surface area is 234 Å². The summed E-state index contributed by atoms with van der Waals surface area (Å²) in [7, 11) is 0. The van der Waals surface area contributed by atoms with E-state index >= 15 is 0 Å². The molecule has 0 amide bonds. The summed E-state index contributed by atoms with van der Waals surface area (Å²) >= 11 is 7.07. The normalized spacial score (nSPS) is 15.4. The summed E-state index contributed by atoms with van der Waals surface area (Å²) in [5.74, 6) is 0.260. The van der Waals surface area contributed by atoms with E-state index in [0.29, 0.717) is 27.2 Å². The minimum atomic E-state index is -0.621. The third kappa shape index (κ3) is 5.28. The molecule has 2 heterocycles. The minimum absolute atomic E-state index is 0.211. The van der Waals surface area contributed by atoms with Crippen LogP contribution in [0, 0.1) is 10.5 Å². The van der Waals surface area contributed by atoms with E-state index in [1.54, 1.807) is 24.5 Å². The zero-order valence-electron chi connectivity index (χ0n) is 20.0. The number of ether oxygens (including phenoxy) is 2. The molecule has 1 aliphatic rings. The fraction of sp³-hybridized carbons (Fsp3) is 0.222. The van der Waals surface area contributed by atoms with Crippen molar-refractivity contribution in [1.29, 1.82) is 0 Å². The van der Waals surface area contributed by atoms with Crippen molar-refractivity contribution in [2.24, 2.45) is 4.99 Å². The van der Waals surface area contributed by atoms with Crippen molar-refractivity contribution in [2.45, 2.75) is 26.8 Å². The number of esters is 1. The number of aryl methyl sites for hydroxylation is 1. The van der Waals surface area contributed by atoms with E-state index < -0.39 is 12.0 Å². The van der Waals surface area contributed by atoms with E-state index in [2.05, 4.69) is 50.1 Å². The first kappa shape index (κ1) is 26.6. The Kier molecular flexibility index (Phi) is 8.31. The van der Waals surface area contributed by atoms with E-state index in [4.69, 9.17) is 9.47 Å². The van der Waals surface area contributed by atoms with Gasteiger partial charge in [0.15, 0.2) is 4.80 Å². The standard InChI is InChI=1S/C27H24BrIN2O4S/c1-5-11-35-24-19(28)12-17(13-20(24)29)14-21-25(32)31-23(18-9-7-15(3)8-10-18)22(26(33)34-6-2)16(4)30-27(31)36-21/h5,7-10,12-14,23H,1,6,11H2,2-4H3/b21-14+/t23-/m1/s1. The van der Waals surface area contributed by atoms with Crippen molar-refractivity contribution in [3.8, 4) is 5.75 Å². The Balaban J connectivity index is 1.89. The minimum Gasteiger partial charge on any atom is -0.487 e. The van der Waals surface area contributed by atoms with E-state index in [0.717, 1.165) is 30.5 Å². The molecule has 0 fully saturated rings. The quantitative estimate of drug-likeness (QED) is 0.200. The van der Waals surface area contributed by atoms with Crippen molar-refractivity contribution in [2.75, 3.05) is 13.2 Å². The summed E-state index contributed by atoms with van der Waals surface area (Å²) in [6.07, 6.45) is 3.53. The molecule has 2 aromatic carbocycles. The van der Waals surface area contributed by atoms with Gasteiger partial charge in [0, 0.05) is 0 Å². The molecule has 3 aromatic rings. The van der Waals surface area contributed by atoms with Gasteiger partial charge >= 0.3 is 5.97 Å². The van der Waals surface area contributed by atoms with Gasteiger partial charge in [-0.3, -0.25) is 9.36 Å². The van der Waals surface area contributed by atoms with Crippen LogP contribution in [0.3, 0.4) is 0 Å². The van der Waals surface area contributed by atoms with Crippen LogP contribution >= 0.6 is 49.9 Å². The SMILES string of the molecule is C=CCOc1c(Br)cc(/C=c2/sc3n(c2=O)[C@H](c2ccc(C)cc2)C(C(=O)OCC)=C(C)N=3)cc1I. The second-order valence-corrected chi connectivity index (χ2v) is 11.2. The number of nitrogens with zero attached hydrogens (tertiary/aromatic N) is 2. The fourth-order valence-corrected chi connectivity index (χ4v) is 6.77. The van der Waals surface area contributed by atoms with E-state index in [1.807, 2.05) is 49.4 Å². The number of halogens is 2. The number of carbonyl (C=O) groups excluding carboxylic acids is 1. The Hall–Kier alpha value is -2.50. The maximum atomic E-state index is 13.7. The van der Waals surface area contributed by atoms with Gasteiger partial charge < -0.3 is 9.47 Å². The highest BCUT2D eigenvalue weighted by molar-refractivity contribution is 14.1. The van der Waals surface area contributed by atoms with E-state index in [9.17, 15) is 9.59 Å². The summed E-state index contributed by atoms with van der Waals surface area (Å²) in [5.41, 5.74) is 3.47. The molecule has 0 aliphatic carbocycles. The van der Waals surface area contributed by atoms with Crippen molar-refractivity contribution in [1.82, 2.24) is 4.57 Å². The number of benzene rings is 2. The molecule has 186 valence electrons. The largest absolute Gasteiger partial charge is 0.487 e. The molecule has 0 unspecified atom stereocenters. The molecule has 4 rings (SSSR count). The predicted molar refractivity (Wildman–Crippen MR) is 154 cm³/mol. The summed E-state index contributed by atoms with van der Waals surface area (Å²) in [6, 6.07) is 11.1. The lowest BCUT2D eigenvalue weighted by Gasteiger charge is -2.24. The first-order chi connectivity index (χ1) is 17.2. The molecule has 0 saturated carbocycles. The molecule has 36 heavy (non-hydrogen) atoms. The number of allylic oxidation sites excluding steroid dienone is 1. The first-order valence-electron chi connectivity index (χ1n) is 11.2. The second kappa shape index (κ2) is 11.3. The molecule has 1 aromatic heterocycles. The Morgan fingerprint density at radius 3 is 2.64 bits per heavy atom. The zero-order valence-corrected chi connectivity index (χ0v) is 24.6. The lowest BCUT2D eigenvalue weighted by molar-refractivity contribution is -0.139. The number of carbonyl (C=O) groups is 1. The number of thiazole rings is 1. The highest BCUT2D eigenvalue weighted by Gasteiger charge is 2.33. The third-order valence-electron chi connectivity index (χ3n) is 5.57. The van der Waals surface area contributed by atoms with Crippen LogP contribution in [0.5, 0.6) is 5.75 Å². The maximum absolute atomic E-state index is 13.7. The van der Waals surface area contributed by atoms with Gasteiger partial charge in [0.25, 0.3) is 5.56 Å². The highest BCUT2D eigenvalue weighted by atomic mass is 127. The van der Waals surface area contributed by atoms with Gasteiger partial charge in [-0.25, -0.2) is 9.79 Å². The lowest BCUT2D eigenvalue weighted by atomic mass is 9.95. The molecule has 0 bridgehead atoms. The maximum Gasteiger partial charge on any atom is 0.338 e. The summed E-state index contributed by atoms with van der Waals surface area (Å²) in [4.78, 5) is 31.9. The van der Waals surface area contributed by atoms with Gasteiger partial charge in [-0.15, -0.1) is 0 Å². The van der Waals surface area contributed by atoms with Gasteiger partial charge in [0.1, 0.15) is 12.4 Å². The van der Waals surface area contributed by atoms with Gasteiger partial charge in [-0.1, -0.05) is 53.8 Å². The molecule has 9 heteroatoms. The zero-order chi connectivity index (χ0) is 26.0. The van der Waals surface area contributed by atoms with Crippen molar-refractivity contribution in [3.63, 3.8) is 0 Å². The van der Waals surface area contributed by atoms with Crippen LogP contribution in [0.4, 0.5) is 0 Å². The average molecular weight is 679 g/mol. The van der Waals surface area contributed by atoms with Crippen LogP contribution in [-0.2, 0) is 9.53 Å². The number of fused-ring (bicyclic) bond motifs is 1. The molecule has 1 atom stereocenters. The molecule has 1 aliphatic heterocycles. The highest BCUT2D eigenvalue weighted by Crippen LogP contribution is 2.33. The van der Waals surface area contributed by atoms with Gasteiger partial charge in [0.05, 0.1) is 36.5 Å². The Bertz CT molecular complexity index is 1530. The Morgan fingerprint density at radius 1 is 1.28 bits per heavy atom. The first-order valence-corrected chi connectivity index (χ1v) is 13.9. The fourth-order valence-electron chi connectivity index (χ4n) is 3.95. The van der Waals surface area contributed by atoms with Crippen LogP contribution < -0.4 is 19.6 Å². The molecule has 0 saturated heterocycles. The number of hydrogen-bond donors (Lipinski definition) is 0. The smallest absolute Gasteiger partial charge is 0.338 e. The summed E-state index contributed by atoms with van der Waals surface area (Å²) < 4.78 is 14.9. The Morgan fingerprint density at radius 2 is 2.00 bits per heavy atom. The van der Waals surface area contributed by atoms with Gasteiger partial charge in [-0.05, 0) is 88.6 Å². The molecule has 0 radical (unpaired) electrons. The van der Waals surface area contributed by atoms with Crippen LogP contribution in [0.1, 0.15) is 36.6 Å². The van der Waals surface area contributed by atoms with Crippen molar-refractivity contribution >= 4 is 61.9 Å². The molecule has 0 spiro atoms. The van der Waals surface area contributed by atoms with E-state index in [-0.39, 0.29) is 12.2 Å².